The minimum Gasteiger partial charge on any atom is -0.460 e. The van der Waals surface area contributed by atoms with Gasteiger partial charge in [-0.3, -0.25) is 4.79 Å². The zero-order valence-electron chi connectivity index (χ0n) is 10.4. The first kappa shape index (κ1) is 14.6. The highest BCUT2D eigenvalue weighted by Crippen LogP contribution is 2.25. The number of ether oxygens (including phenoxy) is 1. The summed E-state index contributed by atoms with van der Waals surface area (Å²) >= 11 is 5.71. The summed E-state index contributed by atoms with van der Waals surface area (Å²) in [6.45, 7) is 5.38. The highest BCUT2D eigenvalue weighted by molar-refractivity contribution is 6.41. The first-order valence-corrected chi connectivity index (χ1v) is 5.96. The molecular formula is C13H14ClFO3. The van der Waals surface area contributed by atoms with Gasteiger partial charge in [0.05, 0.1) is 17.2 Å². The van der Waals surface area contributed by atoms with Gasteiger partial charge in [-0.25, -0.2) is 9.18 Å². The third-order valence-electron chi connectivity index (χ3n) is 2.42. The van der Waals surface area contributed by atoms with E-state index in [9.17, 15) is 14.0 Å². The lowest BCUT2D eigenvalue weighted by Crippen LogP contribution is -2.19. The molecule has 1 aromatic rings. The van der Waals surface area contributed by atoms with E-state index in [1.54, 1.807) is 6.92 Å². The van der Waals surface area contributed by atoms with Gasteiger partial charge in [0.15, 0.2) is 5.82 Å². The smallest absolute Gasteiger partial charge is 0.379 e. The molecule has 0 spiro atoms. The molecule has 3 nitrogen and oxygen atoms in total. The van der Waals surface area contributed by atoms with Crippen LogP contribution in [0.5, 0.6) is 0 Å². The van der Waals surface area contributed by atoms with Gasteiger partial charge >= 0.3 is 5.97 Å². The van der Waals surface area contributed by atoms with Crippen LogP contribution >= 0.6 is 11.6 Å². The number of ketones is 1. The van der Waals surface area contributed by atoms with Crippen molar-refractivity contribution in [1.82, 2.24) is 0 Å². The molecule has 0 aliphatic rings. The maximum absolute atomic E-state index is 13.7. The molecule has 0 amide bonds. The summed E-state index contributed by atoms with van der Waals surface area (Å²) < 4.78 is 18.3. The molecule has 0 atom stereocenters. The minimum absolute atomic E-state index is 0.0593. The molecule has 0 aliphatic heterocycles. The molecule has 98 valence electrons. The standard InChI is InChI=1S/C13H14ClFO3/c1-4-18-13(17)12(16)9-5-8(7(2)3)6-10(14)11(9)15/h5-7H,4H2,1-3H3. The zero-order valence-corrected chi connectivity index (χ0v) is 11.2. The molecule has 0 saturated carbocycles. The first-order chi connectivity index (χ1) is 8.38. The van der Waals surface area contributed by atoms with Crippen LogP contribution in [0, 0.1) is 5.82 Å². The van der Waals surface area contributed by atoms with Gasteiger partial charge in [0, 0.05) is 0 Å². The van der Waals surface area contributed by atoms with E-state index in [0.717, 1.165) is 0 Å². The maximum atomic E-state index is 13.7. The lowest BCUT2D eigenvalue weighted by atomic mass is 9.99. The summed E-state index contributed by atoms with van der Waals surface area (Å²) in [4.78, 5) is 23.0. The Labute approximate surface area is 110 Å². The average Bonchev–Trinajstić information content (AvgIpc) is 2.31. The fraction of sp³-hybridized carbons (Fsp3) is 0.385. The van der Waals surface area contributed by atoms with Crippen LogP contribution in [-0.2, 0) is 9.53 Å². The third kappa shape index (κ3) is 3.07. The normalized spacial score (nSPS) is 10.6. The Morgan fingerprint density at radius 2 is 2.00 bits per heavy atom. The van der Waals surface area contributed by atoms with Gasteiger partial charge in [-0.05, 0) is 30.5 Å². The summed E-state index contributed by atoms with van der Waals surface area (Å²) in [6.07, 6.45) is 0. The lowest BCUT2D eigenvalue weighted by molar-refractivity contribution is -0.137. The summed E-state index contributed by atoms with van der Waals surface area (Å²) in [7, 11) is 0. The van der Waals surface area contributed by atoms with Crippen LogP contribution < -0.4 is 0 Å². The monoisotopic (exact) mass is 272 g/mol. The predicted octanol–water partition coefficient (Wildman–Crippen LogP) is 3.35. The van der Waals surface area contributed by atoms with Crippen LogP contribution in [0.3, 0.4) is 0 Å². The minimum atomic E-state index is -1.08. The number of carbonyl (C=O) groups is 2. The highest BCUT2D eigenvalue weighted by atomic mass is 35.5. The zero-order chi connectivity index (χ0) is 13.9. The molecule has 0 radical (unpaired) electrons. The summed E-state index contributed by atoms with van der Waals surface area (Å²) in [5.74, 6) is -2.91. The van der Waals surface area contributed by atoms with E-state index in [2.05, 4.69) is 4.74 Å². The number of hydrogen-bond acceptors (Lipinski definition) is 3. The van der Waals surface area contributed by atoms with Crippen molar-refractivity contribution >= 4 is 23.4 Å². The average molecular weight is 273 g/mol. The fourth-order valence-electron chi connectivity index (χ4n) is 1.42. The molecular weight excluding hydrogens is 259 g/mol. The van der Waals surface area contributed by atoms with Crippen LogP contribution in [0.4, 0.5) is 4.39 Å². The number of esters is 1. The molecule has 1 rings (SSSR count). The molecule has 1 aromatic carbocycles. The van der Waals surface area contributed by atoms with E-state index >= 15 is 0 Å². The molecule has 0 N–H and O–H groups in total. The Balaban J connectivity index is 3.23. The summed E-state index contributed by atoms with van der Waals surface area (Å²) in [5.41, 5.74) is 0.346. The molecule has 0 saturated heterocycles. The molecule has 0 bridgehead atoms. The van der Waals surface area contributed by atoms with Gasteiger partial charge < -0.3 is 4.74 Å². The maximum Gasteiger partial charge on any atom is 0.379 e. The van der Waals surface area contributed by atoms with Crippen molar-refractivity contribution in [2.45, 2.75) is 26.7 Å². The Morgan fingerprint density at radius 1 is 1.39 bits per heavy atom. The van der Waals surface area contributed by atoms with E-state index in [-0.39, 0.29) is 23.1 Å². The number of Topliss-reactive ketones (excluding diaryl/α,β-unsaturated/α-hetero) is 1. The number of hydrogen-bond donors (Lipinski definition) is 0. The van der Waals surface area contributed by atoms with Gasteiger partial charge in [-0.2, -0.15) is 0 Å². The van der Waals surface area contributed by atoms with Gasteiger partial charge in [0.25, 0.3) is 5.78 Å². The summed E-state index contributed by atoms with van der Waals surface area (Å²) in [5, 5.41) is -0.172. The quantitative estimate of drug-likeness (QED) is 0.480. The van der Waals surface area contributed by atoms with Gasteiger partial charge in [0.1, 0.15) is 0 Å². The number of halogens is 2. The Bertz CT molecular complexity index is 483. The Morgan fingerprint density at radius 3 is 2.50 bits per heavy atom. The van der Waals surface area contributed by atoms with E-state index < -0.39 is 17.6 Å². The van der Waals surface area contributed by atoms with E-state index in [1.807, 2.05) is 13.8 Å². The van der Waals surface area contributed by atoms with Gasteiger partial charge in [0.2, 0.25) is 0 Å². The SMILES string of the molecule is CCOC(=O)C(=O)c1cc(C(C)C)cc(Cl)c1F. The topological polar surface area (TPSA) is 43.4 Å². The van der Waals surface area contributed by atoms with Crippen molar-refractivity contribution in [3.8, 4) is 0 Å². The van der Waals surface area contributed by atoms with Crippen molar-refractivity contribution in [2.75, 3.05) is 6.61 Å². The number of carbonyl (C=O) groups excluding carboxylic acids is 2. The Kier molecular flexibility index (Phi) is 4.84. The van der Waals surface area contributed by atoms with Crippen molar-refractivity contribution in [3.63, 3.8) is 0 Å². The van der Waals surface area contributed by atoms with Crippen molar-refractivity contribution < 1.29 is 18.7 Å². The number of benzene rings is 1. The molecule has 18 heavy (non-hydrogen) atoms. The predicted molar refractivity (Wildman–Crippen MR) is 66.5 cm³/mol. The van der Waals surface area contributed by atoms with Crippen molar-refractivity contribution in [3.05, 3.63) is 34.1 Å². The van der Waals surface area contributed by atoms with Crippen LogP contribution in [0.1, 0.15) is 42.6 Å². The molecule has 0 unspecified atom stereocenters. The van der Waals surface area contributed by atoms with Crippen molar-refractivity contribution in [1.29, 1.82) is 0 Å². The van der Waals surface area contributed by atoms with Gasteiger partial charge in [-0.1, -0.05) is 25.4 Å². The van der Waals surface area contributed by atoms with E-state index in [1.165, 1.54) is 12.1 Å². The number of rotatable bonds is 4. The lowest BCUT2D eigenvalue weighted by Gasteiger charge is -2.10. The van der Waals surface area contributed by atoms with E-state index in [0.29, 0.717) is 5.56 Å². The third-order valence-corrected chi connectivity index (χ3v) is 2.70. The van der Waals surface area contributed by atoms with Crippen molar-refractivity contribution in [2.24, 2.45) is 0 Å². The van der Waals surface area contributed by atoms with Gasteiger partial charge in [-0.15, -0.1) is 0 Å². The van der Waals surface area contributed by atoms with E-state index in [4.69, 9.17) is 11.6 Å². The highest BCUT2D eigenvalue weighted by Gasteiger charge is 2.24. The molecule has 0 fully saturated rings. The Hall–Kier alpha value is -1.42. The second-order valence-electron chi connectivity index (χ2n) is 4.07. The second-order valence-corrected chi connectivity index (χ2v) is 4.48. The second kappa shape index (κ2) is 5.96. The molecule has 0 aromatic heterocycles. The fourth-order valence-corrected chi connectivity index (χ4v) is 1.64. The molecule has 0 heterocycles. The van der Waals surface area contributed by atoms with Crippen LogP contribution in [-0.4, -0.2) is 18.4 Å². The van der Waals surface area contributed by atoms with Crippen LogP contribution in [0.2, 0.25) is 5.02 Å². The molecule has 5 heteroatoms. The largest absolute Gasteiger partial charge is 0.460 e. The first-order valence-electron chi connectivity index (χ1n) is 5.58. The summed E-state index contributed by atoms with van der Waals surface area (Å²) in [6, 6.07) is 2.79. The van der Waals surface area contributed by atoms with Crippen LogP contribution in [0.25, 0.3) is 0 Å². The molecule has 0 aliphatic carbocycles. The van der Waals surface area contributed by atoms with Crippen LogP contribution in [0.15, 0.2) is 12.1 Å².